The highest BCUT2D eigenvalue weighted by molar-refractivity contribution is 5.47. The summed E-state index contributed by atoms with van der Waals surface area (Å²) < 4.78 is 34.8. The van der Waals surface area contributed by atoms with Gasteiger partial charge in [0.15, 0.2) is 0 Å². The van der Waals surface area contributed by atoms with Crippen LogP contribution in [-0.2, 0) is 34.0 Å². The molecule has 0 aliphatic heterocycles. The molecule has 0 spiro atoms. The van der Waals surface area contributed by atoms with Crippen LogP contribution in [0.1, 0.15) is 37.0 Å². The lowest BCUT2D eigenvalue weighted by Crippen LogP contribution is -2.34. The Balaban J connectivity index is 1.32. The maximum absolute atomic E-state index is 6.71. The fraction of sp³-hybridized carbons (Fsp3) is 0.471. The molecular weight excluding hydrogens is 504 g/mol. The molecule has 0 fully saturated rings. The van der Waals surface area contributed by atoms with Crippen molar-refractivity contribution >= 4 is 0 Å². The molecule has 1 unspecified atom stereocenters. The minimum Gasteiger partial charge on any atom is -0.379 e. The molecule has 0 saturated carbocycles. The van der Waals surface area contributed by atoms with Gasteiger partial charge in [-0.3, -0.25) is 0 Å². The van der Waals surface area contributed by atoms with Gasteiger partial charge in [-0.2, -0.15) is 0 Å². The number of ether oxygens (including phenoxy) is 6. The molecule has 3 aromatic rings. The molecule has 0 aliphatic carbocycles. The minimum atomic E-state index is -0.731. The molecule has 0 bridgehead atoms. The summed E-state index contributed by atoms with van der Waals surface area (Å²) >= 11 is 0. The highest BCUT2D eigenvalue weighted by Crippen LogP contribution is 2.40. The summed E-state index contributed by atoms with van der Waals surface area (Å²) in [7, 11) is 0. The first-order valence-corrected chi connectivity index (χ1v) is 14.5. The summed E-state index contributed by atoms with van der Waals surface area (Å²) in [4.78, 5) is 0. The second-order valence-corrected chi connectivity index (χ2v) is 9.67. The lowest BCUT2D eigenvalue weighted by molar-refractivity contribution is -0.0393. The minimum absolute atomic E-state index is 0.435. The Morgan fingerprint density at radius 3 is 1.15 bits per heavy atom. The molecule has 0 radical (unpaired) electrons. The summed E-state index contributed by atoms with van der Waals surface area (Å²) in [5.74, 6) is 0.598. The largest absolute Gasteiger partial charge is 0.379 e. The lowest BCUT2D eigenvalue weighted by atomic mass is 9.80. The maximum atomic E-state index is 6.71. The second kappa shape index (κ2) is 19.5. The first-order chi connectivity index (χ1) is 19.8. The summed E-state index contributed by atoms with van der Waals surface area (Å²) in [5.41, 5.74) is 2.51. The van der Waals surface area contributed by atoms with Gasteiger partial charge in [-0.1, -0.05) is 111 Å². The Bertz CT molecular complexity index is 902. The van der Waals surface area contributed by atoms with E-state index in [-0.39, 0.29) is 0 Å². The van der Waals surface area contributed by atoms with E-state index in [1.807, 2.05) is 18.2 Å². The van der Waals surface area contributed by atoms with Crippen LogP contribution in [0.4, 0.5) is 0 Å². The topological polar surface area (TPSA) is 55.4 Å². The van der Waals surface area contributed by atoms with Crippen molar-refractivity contribution < 1.29 is 28.4 Å². The van der Waals surface area contributed by atoms with Gasteiger partial charge in [0.2, 0.25) is 0 Å². The van der Waals surface area contributed by atoms with E-state index in [1.165, 1.54) is 0 Å². The van der Waals surface area contributed by atoms with Crippen molar-refractivity contribution in [1.29, 1.82) is 0 Å². The van der Waals surface area contributed by atoms with Crippen LogP contribution in [0.5, 0.6) is 0 Å². The van der Waals surface area contributed by atoms with Gasteiger partial charge in [0.25, 0.3) is 0 Å². The quantitative estimate of drug-likeness (QED) is 0.111. The SMILES string of the molecule is CCC(C)COCCOCCOCCOCCOCCOC(c1ccccc1)(c1ccccc1)c1ccccc1. The smallest absolute Gasteiger partial charge is 0.143 e. The van der Waals surface area contributed by atoms with Crippen LogP contribution < -0.4 is 0 Å². The third kappa shape index (κ3) is 10.8. The average Bonchev–Trinajstić information content (AvgIpc) is 3.02. The standard InChI is InChI=1S/C34H46O6/c1-3-30(2)29-39-26-25-37-22-21-35-19-20-36-23-24-38-27-28-40-34(31-13-7-4-8-14-31,32-15-9-5-10-16-32)33-17-11-6-12-18-33/h4-18,30H,3,19-29H2,1-2H3. The summed E-state index contributed by atoms with van der Waals surface area (Å²) in [6, 6.07) is 31.1. The molecule has 0 amide bonds. The highest BCUT2D eigenvalue weighted by Gasteiger charge is 2.37. The van der Waals surface area contributed by atoms with Crippen molar-refractivity contribution in [2.45, 2.75) is 25.9 Å². The molecular formula is C34H46O6. The Morgan fingerprint density at radius 2 is 0.800 bits per heavy atom. The van der Waals surface area contributed by atoms with Crippen LogP contribution in [0.3, 0.4) is 0 Å². The van der Waals surface area contributed by atoms with E-state index in [1.54, 1.807) is 0 Å². The van der Waals surface area contributed by atoms with Crippen molar-refractivity contribution in [3.8, 4) is 0 Å². The molecule has 0 aromatic heterocycles. The fourth-order valence-corrected chi connectivity index (χ4v) is 4.30. The third-order valence-electron chi connectivity index (χ3n) is 6.67. The number of hydrogen-bond donors (Lipinski definition) is 0. The van der Waals surface area contributed by atoms with E-state index < -0.39 is 5.60 Å². The number of benzene rings is 3. The van der Waals surface area contributed by atoms with Crippen LogP contribution in [0.25, 0.3) is 0 Å². The van der Waals surface area contributed by atoms with Crippen LogP contribution >= 0.6 is 0 Å². The maximum Gasteiger partial charge on any atom is 0.143 e. The molecule has 218 valence electrons. The summed E-state index contributed by atoms with van der Waals surface area (Å²) in [6.45, 7) is 10.5. The van der Waals surface area contributed by atoms with Crippen molar-refractivity contribution in [1.82, 2.24) is 0 Å². The van der Waals surface area contributed by atoms with Crippen LogP contribution in [0, 0.1) is 5.92 Å². The molecule has 40 heavy (non-hydrogen) atoms. The van der Waals surface area contributed by atoms with Crippen molar-refractivity contribution in [2.75, 3.05) is 72.7 Å². The normalized spacial score (nSPS) is 12.4. The second-order valence-electron chi connectivity index (χ2n) is 9.67. The predicted octanol–water partition coefficient (Wildman–Crippen LogP) is 6.12. The van der Waals surface area contributed by atoms with E-state index in [9.17, 15) is 0 Å². The zero-order valence-electron chi connectivity index (χ0n) is 24.2. The molecule has 1 atom stereocenters. The van der Waals surface area contributed by atoms with Gasteiger partial charge in [0.05, 0.1) is 66.1 Å². The van der Waals surface area contributed by atoms with E-state index >= 15 is 0 Å². The van der Waals surface area contributed by atoms with Crippen LogP contribution in [0.2, 0.25) is 0 Å². The van der Waals surface area contributed by atoms with E-state index in [0.29, 0.717) is 72.0 Å². The molecule has 6 heteroatoms. The Kier molecular flexibility index (Phi) is 15.6. The van der Waals surface area contributed by atoms with Gasteiger partial charge < -0.3 is 28.4 Å². The highest BCUT2D eigenvalue weighted by atomic mass is 16.6. The average molecular weight is 551 g/mol. The molecule has 0 heterocycles. The van der Waals surface area contributed by atoms with Gasteiger partial charge in [-0.15, -0.1) is 0 Å². The summed E-state index contributed by atoms with van der Waals surface area (Å²) in [5, 5.41) is 0. The summed E-state index contributed by atoms with van der Waals surface area (Å²) in [6.07, 6.45) is 1.14. The molecule has 0 N–H and O–H groups in total. The molecule has 3 rings (SSSR count). The van der Waals surface area contributed by atoms with E-state index in [4.69, 9.17) is 28.4 Å². The zero-order valence-corrected chi connectivity index (χ0v) is 24.2. The van der Waals surface area contributed by atoms with Gasteiger partial charge in [0, 0.05) is 6.61 Å². The fourth-order valence-electron chi connectivity index (χ4n) is 4.30. The van der Waals surface area contributed by atoms with E-state index in [2.05, 4.69) is 86.6 Å². The molecule has 0 saturated heterocycles. The van der Waals surface area contributed by atoms with Crippen molar-refractivity contribution in [2.24, 2.45) is 5.92 Å². The molecule has 0 aliphatic rings. The van der Waals surface area contributed by atoms with Crippen molar-refractivity contribution in [3.63, 3.8) is 0 Å². The monoisotopic (exact) mass is 550 g/mol. The van der Waals surface area contributed by atoms with E-state index in [0.717, 1.165) is 29.7 Å². The zero-order chi connectivity index (χ0) is 28.1. The van der Waals surface area contributed by atoms with Crippen LogP contribution in [-0.4, -0.2) is 72.7 Å². The van der Waals surface area contributed by atoms with Gasteiger partial charge in [0.1, 0.15) is 5.60 Å². The Labute approximate surface area is 240 Å². The van der Waals surface area contributed by atoms with Gasteiger partial charge in [-0.05, 0) is 22.6 Å². The third-order valence-corrected chi connectivity index (χ3v) is 6.67. The Morgan fingerprint density at radius 1 is 0.475 bits per heavy atom. The molecule has 6 nitrogen and oxygen atoms in total. The first-order valence-electron chi connectivity index (χ1n) is 14.5. The Hall–Kier alpha value is -2.58. The molecule has 3 aromatic carbocycles. The van der Waals surface area contributed by atoms with Crippen LogP contribution in [0.15, 0.2) is 91.0 Å². The first kappa shape index (κ1) is 31.9. The lowest BCUT2D eigenvalue weighted by Gasteiger charge is -2.36. The number of rotatable bonds is 22. The predicted molar refractivity (Wildman–Crippen MR) is 159 cm³/mol. The van der Waals surface area contributed by atoms with Gasteiger partial charge in [-0.25, -0.2) is 0 Å². The van der Waals surface area contributed by atoms with Gasteiger partial charge >= 0.3 is 0 Å². The number of hydrogen-bond acceptors (Lipinski definition) is 6. The van der Waals surface area contributed by atoms with Crippen molar-refractivity contribution in [3.05, 3.63) is 108 Å².